The summed E-state index contributed by atoms with van der Waals surface area (Å²) in [6, 6.07) is 4.97. The molecule has 4 N–H and O–H groups in total. The lowest BCUT2D eigenvalue weighted by Crippen LogP contribution is -2.40. The number of carbonyl (C=O) groups is 1. The number of hydrogen-bond donors (Lipinski definition) is 3. The molecule has 0 saturated heterocycles. The van der Waals surface area contributed by atoms with Crippen LogP contribution in [0.3, 0.4) is 0 Å². The van der Waals surface area contributed by atoms with E-state index in [0.29, 0.717) is 22.8 Å². The number of carbonyl (C=O) groups excluding carboxylic acids is 1. The third-order valence-electron chi connectivity index (χ3n) is 2.85. The van der Waals surface area contributed by atoms with Crippen molar-refractivity contribution in [3.8, 4) is 0 Å². The maximum atomic E-state index is 12.2. The van der Waals surface area contributed by atoms with Gasteiger partial charge in [-0.1, -0.05) is 25.4 Å². The Bertz CT molecular complexity index is 474. The van der Waals surface area contributed by atoms with Gasteiger partial charge in [-0.2, -0.15) is 0 Å². The van der Waals surface area contributed by atoms with Crippen LogP contribution in [-0.4, -0.2) is 38.0 Å². The number of amides is 1. The molecule has 0 atom stereocenters. The van der Waals surface area contributed by atoms with Gasteiger partial charge in [-0.15, -0.1) is 0 Å². The van der Waals surface area contributed by atoms with Crippen molar-refractivity contribution in [1.82, 2.24) is 10.2 Å². The Morgan fingerprint density at radius 2 is 2.05 bits per heavy atom. The molecule has 1 aromatic carbocycles. The van der Waals surface area contributed by atoms with Crippen LogP contribution >= 0.6 is 11.6 Å². The molecule has 0 saturated carbocycles. The van der Waals surface area contributed by atoms with Crippen molar-refractivity contribution in [1.29, 1.82) is 0 Å². The molecule has 0 unspecified atom stereocenters. The Hall–Kier alpha value is -1.30. The third-order valence-corrected chi connectivity index (χ3v) is 3.09. The van der Waals surface area contributed by atoms with E-state index in [9.17, 15) is 4.79 Å². The number of anilines is 1. The summed E-state index contributed by atoms with van der Waals surface area (Å²) in [6.45, 7) is 5.66. The van der Waals surface area contributed by atoms with Crippen molar-refractivity contribution in [2.75, 3.05) is 32.6 Å². The summed E-state index contributed by atoms with van der Waals surface area (Å²) in [6.07, 6.45) is 0. The summed E-state index contributed by atoms with van der Waals surface area (Å²) in [5.41, 5.74) is 3.48. The number of nitrogen functional groups attached to an aromatic ring is 1. The van der Waals surface area contributed by atoms with Gasteiger partial charge in [0.1, 0.15) is 0 Å². The molecule has 0 aliphatic carbocycles. The van der Waals surface area contributed by atoms with E-state index in [-0.39, 0.29) is 11.3 Å². The smallest absolute Gasteiger partial charge is 0.253 e. The molecule has 0 radical (unpaired) electrons. The Kier molecular flexibility index (Phi) is 5.80. The quantitative estimate of drug-likeness (QED) is 0.554. The number of hydrazine groups is 1. The number of hydrogen-bond acceptors (Lipinski definition) is 4. The van der Waals surface area contributed by atoms with Crippen molar-refractivity contribution in [3.05, 3.63) is 28.8 Å². The van der Waals surface area contributed by atoms with E-state index < -0.39 is 0 Å². The molecule has 0 heterocycles. The molecule has 0 aliphatic heterocycles. The first kappa shape index (κ1) is 16.8. The summed E-state index contributed by atoms with van der Waals surface area (Å²) in [5.74, 6) is 5.22. The molecule has 1 aromatic rings. The highest BCUT2D eigenvalue weighted by atomic mass is 35.5. The van der Waals surface area contributed by atoms with Crippen LogP contribution in [0.15, 0.2) is 18.2 Å². The van der Waals surface area contributed by atoms with Gasteiger partial charge >= 0.3 is 0 Å². The predicted molar refractivity (Wildman–Crippen MR) is 83.9 cm³/mol. The number of rotatable bonds is 6. The highest BCUT2D eigenvalue weighted by Crippen LogP contribution is 2.20. The molecular formula is C14H23ClN4O. The van der Waals surface area contributed by atoms with Gasteiger partial charge in [0.15, 0.2) is 0 Å². The molecular weight excluding hydrogens is 276 g/mol. The summed E-state index contributed by atoms with van der Waals surface area (Å²) in [7, 11) is 4.02. The van der Waals surface area contributed by atoms with Gasteiger partial charge in [-0.25, -0.2) is 0 Å². The Morgan fingerprint density at radius 3 is 2.60 bits per heavy atom. The highest BCUT2D eigenvalue weighted by Gasteiger charge is 2.21. The molecule has 1 rings (SSSR count). The van der Waals surface area contributed by atoms with Crippen LogP contribution in [0.2, 0.25) is 5.02 Å². The molecule has 1 amide bonds. The fraction of sp³-hybridized carbons (Fsp3) is 0.500. The molecule has 6 heteroatoms. The second kappa shape index (κ2) is 6.92. The van der Waals surface area contributed by atoms with Gasteiger partial charge < -0.3 is 15.6 Å². The first-order valence-electron chi connectivity index (χ1n) is 6.44. The molecule has 0 spiro atoms. The molecule has 0 bridgehead atoms. The van der Waals surface area contributed by atoms with E-state index >= 15 is 0 Å². The SMILES string of the molecule is CN(C)CC(C)(C)CNC(=O)c1cc(Cl)ccc1NN. The lowest BCUT2D eigenvalue weighted by Gasteiger charge is -2.28. The Labute approximate surface area is 125 Å². The van der Waals surface area contributed by atoms with E-state index in [1.807, 2.05) is 14.1 Å². The van der Waals surface area contributed by atoms with Crippen LogP contribution in [0.25, 0.3) is 0 Å². The standard InChI is InChI=1S/C14H23ClN4O/c1-14(2,9-19(3)4)8-17-13(20)11-7-10(15)5-6-12(11)18-16/h5-7,18H,8-9,16H2,1-4H3,(H,17,20). The van der Waals surface area contributed by atoms with E-state index in [1.165, 1.54) is 0 Å². The summed E-state index contributed by atoms with van der Waals surface area (Å²) < 4.78 is 0. The summed E-state index contributed by atoms with van der Waals surface area (Å²) in [4.78, 5) is 14.3. The first-order chi connectivity index (χ1) is 9.25. The molecule has 0 aromatic heterocycles. The normalized spacial score (nSPS) is 11.6. The molecule has 0 fully saturated rings. The topological polar surface area (TPSA) is 70.4 Å². The van der Waals surface area contributed by atoms with Crippen LogP contribution < -0.4 is 16.6 Å². The van der Waals surface area contributed by atoms with Crippen molar-refractivity contribution in [3.63, 3.8) is 0 Å². The average molecular weight is 299 g/mol. The first-order valence-corrected chi connectivity index (χ1v) is 6.82. The van der Waals surface area contributed by atoms with Gasteiger partial charge in [0.25, 0.3) is 5.91 Å². The number of halogens is 1. The van der Waals surface area contributed by atoms with E-state index in [4.69, 9.17) is 17.4 Å². The van der Waals surface area contributed by atoms with Crippen LogP contribution in [0.1, 0.15) is 24.2 Å². The van der Waals surface area contributed by atoms with E-state index in [1.54, 1.807) is 18.2 Å². The molecule has 0 aliphatic rings. The fourth-order valence-corrected chi connectivity index (χ4v) is 2.33. The lowest BCUT2D eigenvalue weighted by molar-refractivity contribution is 0.0930. The van der Waals surface area contributed by atoms with Crippen molar-refractivity contribution < 1.29 is 4.79 Å². The zero-order chi connectivity index (χ0) is 15.3. The van der Waals surface area contributed by atoms with Crippen LogP contribution in [-0.2, 0) is 0 Å². The zero-order valence-corrected chi connectivity index (χ0v) is 13.2. The maximum Gasteiger partial charge on any atom is 0.253 e. The monoisotopic (exact) mass is 298 g/mol. The highest BCUT2D eigenvalue weighted by molar-refractivity contribution is 6.31. The number of nitrogens with zero attached hydrogens (tertiary/aromatic N) is 1. The second-order valence-corrected chi connectivity index (χ2v) is 6.36. The van der Waals surface area contributed by atoms with E-state index in [2.05, 4.69) is 29.5 Å². The van der Waals surface area contributed by atoms with Gasteiger partial charge in [0.05, 0.1) is 11.3 Å². The maximum absolute atomic E-state index is 12.2. The number of benzene rings is 1. The van der Waals surface area contributed by atoms with Crippen LogP contribution in [0.4, 0.5) is 5.69 Å². The van der Waals surface area contributed by atoms with Gasteiger partial charge in [-0.3, -0.25) is 10.6 Å². The lowest BCUT2D eigenvalue weighted by atomic mass is 9.93. The minimum absolute atomic E-state index is 0.0198. The van der Waals surface area contributed by atoms with Gasteiger partial charge in [0.2, 0.25) is 0 Å². The largest absolute Gasteiger partial charge is 0.351 e. The van der Waals surface area contributed by atoms with Crippen molar-refractivity contribution in [2.45, 2.75) is 13.8 Å². The average Bonchev–Trinajstić information content (AvgIpc) is 2.34. The second-order valence-electron chi connectivity index (χ2n) is 5.92. The minimum atomic E-state index is -0.188. The minimum Gasteiger partial charge on any atom is -0.351 e. The molecule has 5 nitrogen and oxygen atoms in total. The number of nitrogens with two attached hydrogens (primary N) is 1. The van der Waals surface area contributed by atoms with Crippen molar-refractivity contribution >= 4 is 23.2 Å². The molecule has 112 valence electrons. The van der Waals surface area contributed by atoms with Crippen LogP contribution in [0, 0.1) is 5.41 Å². The number of nitrogens with one attached hydrogen (secondary N) is 2. The van der Waals surface area contributed by atoms with Gasteiger partial charge in [0, 0.05) is 18.1 Å². The predicted octanol–water partition coefficient (Wildman–Crippen LogP) is 1.94. The molecule has 20 heavy (non-hydrogen) atoms. The fourth-order valence-electron chi connectivity index (χ4n) is 2.16. The Balaban J connectivity index is 2.74. The summed E-state index contributed by atoms with van der Waals surface area (Å²) in [5, 5.41) is 3.43. The van der Waals surface area contributed by atoms with E-state index in [0.717, 1.165) is 6.54 Å². The Morgan fingerprint density at radius 1 is 1.40 bits per heavy atom. The zero-order valence-electron chi connectivity index (χ0n) is 12.5. The van der Waals surface area contributed by atoms with Gasteiger partial charge in [-0.05, 0) is 37.7 Å². The summed E-state index contributed by atoms with van der Waals surface area (Å²) >= 11 is 5.92. The third kappa shape index (κ3) is 5.00. The van der Waals surface area contributed by atoms with Crippen LogP contribution in [0.5, 0.6) is 0 Å². The van der Waals surface area contributed by atoms with Crippen molar-refractivity contribution in [2.24, 2.45) is 11.3 Å².